The van der Waals surface area contributed by atoms with Crippen LogP contribution in [0.5, 0.6) is 0 Å². The van der Waals surface area contributed by atoms with Gasteiger partial charge in [-0.05, 0) is 24.1 Å². The van der Waals surface area contributed by atoms with Gasteiger partial charge in [0.15, 0.2) is 5.78 Å². The molecule has 1 aromatic heterocycles. The number of benzene rings is 1. The number of aromatic amines is 1. The van der Waals surface area contributed by atoms with E-state index < -0.39 is 0 Å². The summed E-state index contributed by atoms with van der Waals surface area (Å²) in [5.41, 5.74) is 1.58. The number of ketones is 1. The average molecular weight is 280 g/mol. The van der Waals surface area contributed by atoms with Crippen molar-refractivity contribution in [3.05, 3.63) is 35.8 Å². The van der Waals surface area contributed by atoms with Crippen LogP contribution in [0.4, 0.5) is 4.39 Å². The molecule has 2 atom stereocenters. The van der Waals surface area contributed by atoms with Gasteiger partial charge < -0.3 is 4.98 Å². The van der Waals surface area contributed by atoms with Gasteiger partial charge in [-0.15, -0.1) is 0 Å². The van der Waals surface area contributed by atoms with Crippen LogP contribution in [0.25, 0.3) is 10.9 Å². The Morgan fingerprint density at radius 3 is 2.84 bits per heavy atom. The molecule has 0 bridgehead atoms. The van der Waals surface area contributed by atoms with Crippen LogP contribution < -0.4 is 5.09 Å². The van der Waals surface area contributed by atoms with Crippen molar-refractivity contribution in [2.75, 3.05) is 0 Å². The Bertz CT molecular complexity index is 594. The zero-order valence-corrected chi connectivity index (χ0v) is 12.2. The van der Waals surface area contributed by atoms with Gasteiger partial charge in [-0.2, -0.15) is 0 Å². The summed E-state index contributed by atoms with van der Waals surface area (Å²) in [7, 11) is 2.37. The first kappa shape index (κ1) is 14.2. The highest BCUT2D eigenvalue weighted by Gasteiger charge is 2.21. The summed E-state index contributed by atoms with van der Waals surface area (Å²) in [6.45, 7) is 3.74. The number of Topliss-reactive ketones (excluding diaryl/α,β-unsaturated/α-hetero) is 1. The maximum atomic E-state index is 13.9. The second kappa shape index (κ2) is 5.81. The van der Waals surface area contributed by atoms with Crippen LogP contribution in [0, 0.1) is 11.7 Å². The summed E-state index contributed by atoms with van der Waals surface area (Å²) in [5, 5.41) is 3.51. The van der Waals surface area contributed by atoms with Crippen molar-refractivity contribution in [1.29, 1.82) is 0 Å². The van der Waals surface area contributed by atoms with Gasteiger partial charge in [-0.25, -0.2) is 4.39 Å². The molecule has 1 heterocycles. The normalized spacial score (nSPS) is 13.1. The minimum Gasteiger partial charge on any atom is -0.361 e. The lowest BCUT2D eigenvalue weighted by Gasteiger charge is -2.16. The lowest BCUT2D eigenvalue weighted by molar-refractivity contribution is -0.123. The number of hydrogen-bond donors (Lipinski definition) is 2. The summed E-state index contributed by atoms with van der Waals surface area (Å²) in [5.74, 6) is -0.179. The summed E-state index contributed by atoms with van der Waals surface area (Å²) in [4.78, 5) is 15.1. The Hall–Kier alpha value is -1.25. The van der Waals surface area contributed by atoms with Gasteiger partial charge in [0.05, 0.1) is 6.04 Å². The second-order valence-electron chi connectivity index (χ2n) is 4.96. The van der Waals surface area contributed by atoms with Gasteiger partial charge in [0, 0.05) is 23.0 Å². The maximum Gasteiger partial charge on any atom is 0.152 e. The van der Waals surface area contributed by atoms with E-state index in [-0.39, 0.29) is 23.6 Å². The predicted molar refractivity (Wildman–Crippen MR) is 78.4 cm³/mol. The molecule has 2 unspecified atom stereocenters. The Labute approximate surface area is 114 Å². The first-order chi connectivity index (χ1) is 9.04. The summed E-state index contributed by atoms with van der Waals surface area (Å²) < 4.78 is 13.9. The van der Waals surface area contributed by atoms with Crippen LogP contribution in [-0.4, -0.2) is 16.8 Å². The lowest BCUT2D eigenvalue weighted by Crippen LogP contribution is -2.35. The molecule has 0 saturated heterocycles. The van der Waals surface area contributed by atoms with Crippen LogP contribution in [0.2, 0.25) is 0 Å². The van der Waals surface area contributed by atoms with E-state index in [1.54, 1.807) is 12.3 Å². The molecule has 3 nitrogen and oxygen atoms in total. The number of rotatable bonds is 5. The summed E-state index contributed by atoms with van der Waals surface area (Å²) in [6.07, 6.45) is 2.25. The first-order valence-electron chi connectivity index (χ1n) is 6.29. The van der Waals surface area contributed by atoms with E-state index in [1.165, 1.54) is 6.07 Å². The highest BCUT2D eigenvalue weighted by molar-refractivity contribution is 7.13. The predicted octanol–water partition coefficient (Wildman–Crippen LogP) is 2.82. The van der Waals surface area contributed by atoms with Gasteiger partial charge >= 0.3 is 0 Å². The van der Waals surface area contributed by atoms with Gasteiger partial charge in [0.25, 0.3) is 0 Å². The van der Waals surface area contributed by atoms with Gasteiger partial charge in [0.1, 0.15) is 5.82 Å². The fraction of sp³-hybridized carbons (Fsp3) is 0.357. The quantitative estimate of drug-likeness (QED) is 0.827. The number of halogens is 1. The van der Waals surface area contributed by atoms with Crippen molar-refractivity contribution in [2.45, 2.75) is 26.3 Å². The van der Waals surface area contributed by atoms with E-state index in [2.05, 4.69) is 19.5 Å². The molecule has 0 aliphatic carbocycles. The molecule has 19 heavy (non-hydrogen) atoms. The molecule has 5 heteroatoms. The standard InChI is InChI=1S/C14H18FN2OP/c1-8(2)14(18)12(17-19)6-9-7-16-11-5-3-4-10(15)13(9)11/h3-5,7-8,12,16-17H,6,19H2,1-2H3. The molecule has 0 aliphatic rings. The molecule has 0 radical (unpaired) electrons. The Balaban J connectivity index is 2.32. The number of fused-ring (bicyclic) bond motifs is 1. The Morgan fingerprint density at radius 2 is 2.21 bits per heavy atom. The van der Waals surface area contributed by atoms with Crippen molar-refractivity contribution in [3.8, 4) is 0 Å². The number of aromatic nitrogens is 1. The number of carbonyl (C=O) groups excluding carboxylic acids is 1. The maximum absolute atomic E-state index is 13.9. The van der Waals surface area contributed by atoms with Crippen molar-refractivity contribution >= 4 is 26.1 Å². The third kappa shape index (κ3) is 2.85. The molecule has 0 saturated carbocycles. The Morgan fingerprint density at radius 1 is 1.47 bits per heavy atom. The number of H-pyrrole nitrogens is 1. The third-order valence-corrected chi connectivity index (χ3v) is 3.68. The highest BCUT2D eigenvalue weighted by Crippen LogP contribution is 2.23. The van der Waals surface area contributed by atoms with E-state index in [0.29, 0.717) is 11.8 Å². The van der Waals surface area contributed by atoms with Gasteiger partial charge in [0.2, 0.25) is 0 Å². The third-order valence-electron chi connectivity index (χ3n) is 3.27. The minimum atomic E-state index is -0.316. The van der Waals surface area contributed by atoms with Crippen molar-refractivity contribution in [3.63, 3.8) is 0 Å². The SMILES string of the molecule is CC(C)C(=O)C(Cc1c[nH]c2cccc(F)c12)NP. The smallest absolute Gasteiger partial charge is 0.152 e. The minimum absolute atomic E-state index is 0.0481. The average Bonchev–Trinajstić information content (AvgIpc) is 2.79. The summed E-state index contributed by atoms with van der Waals surface area (Å²) >= 11 is 0. The molecular formula is C14H18FN2OP. The van der Waals surface area contributed by atoms with Crippen molar-refractivity contribution in [2.24, 2.45) is 5.92 Å². The van der Waals surface area contributed by atoms with Crippen LogP contribution in [0.3, 0.4) is 0 Å². The highest BCUT2D eigenvalue weighted by atomic mass is 31.0. The topological polar surface area (TPSA) is 44.9 Å². The van der Waals surface area contributed by atoms with E-state index in [4.69, 9.17) is 0 Å². The largest absolute Gasteiger partial charge is 0.361 e. The van der Waals surface area contributed by atoms with E-state index in [9.17, 15) is 9.18 Å². The van der Waals surface area contributed by atoms with Crippen LogP contribution in [0.1, 0.15) is 19.4 Å². The monoisotopic (exact) mass is 280 g/mol. The molecule has 2 rings (SSSR count). The van der Waals surface area contributed by atoms with Gasteiger partial charge in [-0.1, -0.05) is 29.3 Å². The molecule has 0 amide bonds. The van der Waals surface area contributed by atoms with Crippen molar-refractivity contribution in [1.82, 2.24) is 10.1 Å². The van der Waals surface area contributed by atoms with E-state index in [0.717, 1.165) is 11.1 Å². The molecular weight excluding hydrogens is 262 g/mol. The van der Waals surface area contributed by atoms with Crippen LogP contribution in [0.15, 0.2) is 24.4 Å². The molecule has 0 spiro atoms. The fourth-order valence-corrected chi connectivity index (χ4v) is 2.51. The molecule has 0 aliphatic heterocycles. The van der Waals surface area contributed by atoms with Gasteiger partial charge in [-0.3, -0.25) is 9.88 Å². The second-order valence-corrected chi connectivity index (χ2v) is 5.29. The number of hydrogen-bond acceptors (Lipinski definition) is 2. The zero-order chi connectivity index (χ0) is 14.0. The van der Waals surface area contributed by atoms with Crippen LogP contribution in [-0.2, 0) is 11.2 Å². The van der Waals surface area contributed by atoms with E-state index in [1.807, 2.05) is 19.9 Å². The number of nitrogens with one attached hydrogen (secondary N) is 2. The molecule has 2 aromatic rings. The molecule has 0 fully saturated rings. The van der Waals surface area contributed by atoms with Crippen molar-refractivity contribution < 1.29 is 9.18 Å². The lowest BCUT2D eigenvalue weighted by atomic mass is 9.96. The zero-order valence-electron chi connectivity index (χ0n) is 11.0. The molecule has 102 valence electrons. The number of carbonyl (C=O) groups is 1. The first-order valence-corrected chi connectivity index (χ1v) is 6.86. The fourth-order valence-electron chi connectivity index (χ4n) is 2.23. The summed E-state index contributed by atoms with van der Waals surface area (Å²) in [6, 6.07) is 4.62. The Kier molecular flexibility index (Phi) is 4.33. The van der Waals surface area contributed by atoms with Crippen LogP contribution >= 0.6 is 9.39 Å². The molecule has 2 N–H and O–H groups in total. The molecule has 1 aromatic carbocycles. The van der Waals surface area contributed by atoms with E-state index >= 15 is 0 Å².